The third-order valence-electron chi connectivity index (χ3n) is 15.3. The monoisotopic (exact) mass is 1080 g/mol. The van der Waals surface area contributed by atoms with Crippen molar-refractivity contribution in [3.05, 3.63) is 131 Å². The number of nitrogens with one attached hydrogen (secondary N) is 3. The molecule has 7 aromatic rings. The first kappa shape index (κ1) is 54.3. The molecule has 10 rings (SSSR count). The molecule has 0 radical (unpaired) electrons. The number of amides is 4. The Bertz CT molecular complexity index is 3270. The number of benzene rings is 3. The van der Waals surface area contributed by atoms with Gasteiger partial charge in [-0.05, 0) is 91.2 Å². The van der Waals surface area contributed by atoms with Crippen LogP contribution in [-0.4, -0.2) is 168 Å². The van der Waals surface area contributed by atoms with Crippen molar-refractivity contribution >= 4 is 51.6 Å². The molecule has 20 heteroatoms. The summed E-state index contributed by atoms with van der Waals surface area (Å²) in [6.45, 7) is 15.0. The van der Waals surface area contributed by atoms with E-state index in [-0.39, 0.29) is 49.3 Å². The quantitative estimate of drug-likeness (QED) is 0.0907. The molecule has 3 aromatic carbocycles. The van der Waals surface area contributed by atoms with Crippen LogP contribution in [0.4, 0.5) is 4.39 Å². The Balaban J connectivity index is 0.630. The lowest BCUT2D eigenvalue weighted by Crippen LogP contribution is -2.59. The second-order valence-corrected chi connectivity index (χ2v) is 22.9. The maximum Gasteiger partial charge on any atom is 0.254 e. The van der Waals surface area contributed by atoms with E-state index in [0.717, 1.165) is 103 Å². The minimum Gasteiger partial charge on any atom is -0.391 e. The van der Waals surface area contributed by atoms with Crippen LogP contribution in [0.5, 0.6) is 0 Å². The third kappa shape index (κ3) is 12.9. The first-order valence-electron chi connectivity index (χ1n) is 27.0. The number of hydrogen-bond acceptors (Lipinski definition) is 14. The summed E-state index contributed by atoms with van der Waals surface area (Å²) >= 11 is 1.58. The number of rotatable bonds is 17. The summed E-state index contributed by atoms with van der Waals surface area (Å²) in [5.41, 5.74) is 7.85. The molecule has 4 amide bonds. The minimum atomic E-state index is -0.897. The summed E-state index contributed by atoms with van der Waals surface area (Å²) in [7, 11) is 0. The van der Waals surface area contributed by atoms with Crippen LogP contribution in [0.1, 0.15) is 72.9 Å². The number of aryl methyl sites for hydroxylation is 1. The lowest BCUT2D eigenvalue weighted by atomic mass is 9.85. The van der Waals surface area contributed by atoms with Crippen LogP contribution in [0.2, 0.25) is 0 Å². The van der Waals surface area contributed by atoms with Gasteiger partial charge in [-0.3, -0.25) is 29.1 Å². The molecule has 0 bridgehead atoms. The lowest BCUT2D eigenvalue weighted by Gasteiger charge is -2.39. The number of aliphatic hydroxyl groups is 1. The summed E-state index contributed by atoms with van der Waals surface area (Å²) in [6, 6.07) is 20.7. The number of thiazole rings is 1. The average molecular weight is 1080 g/mol. The van der Waals surface area contributed by atoms with E-state index in [4.69, 9.17) is 5.10 Å². The van der Waals surface area contributed by atoms with E-state index in [1.165, 1.54) is 17.0 Å². The van der Waals surface area contributed by atoms with Gasteiger partial charge in [0.2, 0.25) is 17.7 Å². The zero-order valence-corrected chi connectivity index (χ0v) is 45.5. The predicted octanol–water partition coefficient (Wildman–Crippen LogP) is 5.37. The number of nitrogens with zero attached hydrogens (tertiary/aromatic N) is 10. The number of piperazine rings is 1. The highest BCUT2D eigenvalue weighted by atomic mass is 32.1. The zero-order valence-electron chi connectivity index (χ0n) is 44.7. The summed E-state index contributed by atoms with van der Waals surface area (Å²) in [5, 5.41) is 25.4. The van der Waals surface area contributed by atoms with Gasteiger partial charge in [0.15, 0.2) is 0 Å². The summed E-state index contributed by atoms with van der Waals surface area (Å²) < 4.78 is 17.2. The van der Waals surface area contributed by atoms with Gasteiger partial charge in [0, 0.05) is 88.9 Å². The molecule has 18 nitrogen and oxygen atoms in total. The Morgan fingerprint density at radius 3 is 2.32 bits per heavy atom. The maximum absolute atomic E-state index is 15.5. The van der Waals surface area contributed by atoms with E-state index >= 15 is 4.39 Å². The largest absolute Gasteiger partial charge is 0.391 e. The molecule has 408 valence electrons. The fourth-order valence-corrected chi connectivity index (χ4v) is 11.7. The second-order valence-electron chi connectivity index (χ2n) is 22.1. The van der Waals surface area contributed by atoms with Crippen LogP contribution in [0, 0.1) is 24.1 Å². The van der Waals surface area contributed by atoms with Crippen molar-refractivity contribution in [3.8, 4) is 21.7 Å². The van der Waals surface area contributed by atoms with Crippen molar-refractivity contribution in [2.45, 2.75) is 78.1 Å². The van der Waals surface area contributed by atoms with E-state index in [1.54, 1.807) is 40.5 Å². The molecule has 4 aromatic heterocycles. The molecule has 7 heterocycles. The number of fused-ring (bicyclic) bond motifs is 2. The summed E-state index contributed by atoms with van der Waals surface area (Å²) in [4.78, 5) is 81.6. The fraction of sp³-hybridized carbons (Fsp3) is 0.431. The van der Waals surface area contributed by atoms with Crippen LogP contribution in [0.25, 0.3) is 38.4 Å². The van der Waals surface area contributed by atoms with Crippen LogP contribution < -0.4 is 16.0 Å². The van der Waals surface area contributed by atoms with Gasteiger partial charge in [-0.25, -0.2) is 23.9 Å². The number of imidazole rings is 1. The number of β-amino-alcohol motifs (C(OH)–C–C–N with tert-alkyl or cyclic N) is 1. The Labute approximate surface area is 457 Å². The predicted molar refractivity (Wildman–Crippen MR) is 297 cm³/mol. The maximum atomic E-state index is 15.5. The number of carbonyl (C=O) groups is 4. The molecular formula is C58H68FN13O5S. The molecule has 3 saturated heterocycles. The highest BCUT2D eigenvalue weighted by Gasteiger charge is 2.44. The number of piperidine rings is 1. The molecule has 3 fully saturated rings. The van der Waals surface area contributed by atoms with Crippen molar-refractivity contribution in [2.24, 2.45) is 11.3 Å². The van der Waals surface area contributed by atoms with Crippen molar-refractivity contribution in [1.82, 2.24) is 65.1 Å². The van der Waals surface area contributed by atoms with E-state index < -0.39 is 35.3 Å². The standard InChI is InChI=1S/C58H68FN13O5S/c1-37-52(78-36-65-37)41-10-7-38(8-11-41)30-62-55(76)50-29-45(73)34-71(50)56(77)53(58(2,3)4)66-51(74)35-70-24-22-69(23-25-70)33-39-15-19-68(20-16-39)21-18-61-54(75)46-13-12-43(28-47(46)59)49-32-64-57-63-31-44(72(57)67-49)27-40-9-14-48-42(26-40)6-5-17-60-48/h5-14,17,26,28,31-32,36,39,45,50,53,73H,15-16,18-25,27,29-30,33-35H2,1-4H3,(H,61,75)(H,62,76)(H,66,74)/t45-,50+,53-/m1/s1. The summed E-state index contributed by atoms with van der Waals surface area (Å²) in [6.07, 6.45) is 6.97. The second kappa shape index (κ2) is 23.9. The van der Waals surface area contributed by atoms with Crippen molar-refractivity contribution in [2.75, 3.05) is 72.0 Å². The number of halogens is 1. The van der Waals surface area contributed by atoms with Crippen molar-refractivity contribution < 1.29 is 28.7 Å². The van der Waals surface area contributed by atoms with Crippen LogP contribution in [0.3, 0.4) is 0 Å². The molecule has 3 aliphatic heterocycles. The van der Waals surface area contributed by atoms with Crippen molar-refractivity contribution in [1.29, 1.82) is 0 Å². The number of pyridine rings is 1. The van der Waals surface area contributed by atoms with Gasteiger partial charge in [-0.2, -0.15) is 5.10 Å². The SMILES string of the molecule is Cc1ncsc1-c1ccc(CNC(=O)[C@@H]2C[C@@H](O)CN2C(=O)[C@@H](NC(=O)CN2CCN(CC3CCN(CCNC(=O)c4ccc(-c5cnc6ncc(Cc7ccc8ncccc8c7)n6n5)cc4F)CC3)CC2)C(C)(C)C)cc1. The highest BCUT2D eigenvalue weighted by molar-refractivity contribution is 7.13. The Kier molecular flexibility index (Phi) is 16.6. The molecule has 78 heavy (non-hydrogen) atoms. The van der Waals surface area contributed by atoms with Gasteiger partial charge >= 0.3 is 0 Å². The molecule has 3 atom stereocenters. The first-order valence-corrected chi connectivity index (χ1v) is 27.8. The number of aliphatic hydroxyl groups excluding tert-OH is 1. The van der Waals surface area contributed by atoms with Crippen LogP contribution >= 0.6 is 11.3 Å². The molecular weight excluding hydrogens is 1010 g/mol. The van der Waals surface area contributed by atoms with E-state index in [2.05, 4.69) is 56.7 Å². The molecule has 0 saturated carbocycles. The van der Waals surface area contributed by atoms with Gasteiger partial charge in [0.1, 0.15) is 23.6 Å². The molecule has 4 N–H and O–H groups in total. The van der Waals surface area contributed by atoms with E-state index in [0.29, 0.717) is 42.5 Å². The third-order valence-corrected chi connectivity index (χ3v) is 16.3. The van der Waals surface area contributed by atoms with Gasteiger partial charge in [-0.15, -0.1) is 11.3 Å². The average Bonchev–Trinajstić information content (AvgIpc) is 4.28. The Hall–Kier alpha value is -7.10. The molecule has 0 spiro atoms. The zero-order chi connectivity index (χ0) is 54.5. The number of likely N-dealkylation sites (tertiary alicyclic amines) is 2. The topological polar surface area (TPSA) is 206 Å². The highest BCUT2D eigenvalue weighted by Crippen LogP contribution is 2.29. The lowest BCUT2D eigenvalue weighted by molar-refractivity contribution is -0.144. The first-order chi connectivity index (χ1) is 37.6. The van der Waals surface area contributed by atoms with Gasteiger partial charge in [-0.1, -0.05) is 63.2 Å². The minimum absolute atomic E-state index is 0.0135. The number of hydrogen-bond donors (Lipinski definition) is 4. The Morgan fingerprint density at radius 1 is 0.833 bits per heavy atom. The fourth-order valence-electron chi connectivity index (χ4n) is 10.9. The Morgan fingerprint density at radius 2 is 1.58 bits per heavy atom. The van der Waals surface area contributed by atoms with E-state index in [1.807, 2.05) is 81.7 Å². The van der Waals surface area contributed by atoms with Crippen LogP contribution in [-0.2, 0) is 27.3 Å². The molecule has 0 unspecified atom stereocenters. The smallest absolute Gasteiger partial charge is 0.254 e. The number of aromatic nitrogens is 6. The molecule has 0 aliphatic carbocycles. The van der Waals surface area contributed by atoms with Crippen LogP contribution in [0.15, 0.2) is 96.9 Å². The van der Waals surface area contributed by atoms with E-state index in [9.17, 15) is 24.3 Å². The van der Waals surface area contributed by atoms with Gasteiger partial charge in [0.25, 0.3) is 11.7 Å². The van der Waals surface area contributed by atoms with Gasteiger partial charge < -0.3 is 35.8 Å². The molecule has 3 aliphatic rings. The summed E-state index contributed by atoms with van der Waals surface area (Å²) in [5.74, 6) is -1.11. The van der Waals surface area contributed by atoms with Crippen molar-refractivity contribution in [3.63, 3.8) is 0 Å². The number of carbonyl (C=O) groups excluding carboxylic acids is 4. The van der Waals surface area contributed by atoms with Gasteiger partial charge in [0.05, 0.1) is 57.9 Å². The normalized spacial score (nSPS) is 18.4.